The number of hydrogen-bond acceptors (Lipinski definition) is 14. The molecule has 1 unspecified atom stereocenters. The largest absolute Gasteiger partial charge is 0.476 e. The van der Waals surface area contributed by atoms with Crippen LogP contribution >= 0.6 is 11.5 Å². The summed E-state index contributed by atoms with van der Waals surface area (Å²) in [5.41, 5.74) is -0.426. The van der Waals surface area contributed by atoms with Gasteiger partial charge in [0, 0.05) is 30.9 Å². The molecule has 0 fully saturated rings. The summed E-state index contributed by atoms with van der Waals surface area (Å²) in [7, 11) is 0. The van der Waals surface area contributed by atoms with E-state index in [1.807, 2.05) is 0 Å². The fourth-order valence-electron chi connectivity index (χ4n) is 4.21. The highest BCUT2D eigenvalue weighted by Crippen LogP contribution is 2.35. The summed E-state index contributed by atoms with van der Waals surface area (Å²) in [5, 5.41) is 16.0. The Morgan fingerprint density at radius 1 is 0.820 bits per heavy atom. The minimum atomic E-state index is -1.78. The highest BCUT2D eigenvalue weighted by atomic mass is 32.1. The Morgan fingerprint density at radius 2 is 1.40 bits per heavy atom. The Labute approximate surface area is 290 Å². The fraction of sp³-hybridized carbons (Fsp3) is 0.235. The van der Waals surface area contributed by atoms with Crippen LogP contribution in [0.15, 0.2) is 84.0 Å². The number of carboxylic acid groups (broad SMARTS) is 1. The molecule has 0 bridgehead atoms. The molecule has 1 amide bonds. The van der Waals surface area contributed by atoms with Crippen LogP contribution in [0.5, 0.6) is 11.5 Å². The highest BCUT2D eigenvalue weighted by molar-refractivity contribution is 7.10. The molecular formula is C34H32N4O11S. The first-order valence-electron chi connectivity index (χ1n) is 14.8. The predicted octanol–water partition coefficient (Wildman–Crippen LogP) is 5.62. The van der Waals surface area contributed by atoms with Crippen molar-refractivity contribution in [2.24, 2.45) is 5.16 Å². The standard InChI is InChI=1S/C34H32N4O11S/c1-19(39)45-24-17-16-23(18-25(24)46-20(2)40)28(31(43)47-27(21-12-8-6-9-13-21)22-14-10-7-11-15-22)49-37-26(30(41)42)29-35-32(50-38-29)36-33(44)48-34(3,4)5/h6-18,27-28H,1-5H3,(H,41,42)(H,35,36,38,44)/b37-26+. The molecule has 3 aromatic carbocycles. The quantitative estimate of drug-likeness (QED) is 0.0798. The molecule has 0 aliphatic rings. The lowest BCUT2D eigenvalue weighted by atomic mass is 10.0. The Balaban J connectivity index is 1.74. The predicted molar refractivity (Wildman–Crippen MR) is 178 cm³/mol. The molecule has 0 radical (unpaired) electrons. The van der Waals surface area contributed by atoms with E-state index in [-0.39, 0.29) is 22.2 Å². The van der Waals surface area contributed by atoms with Crippen molar-refractivity contribution in [1.82, 2.24) is 9.36 Å². The van der Waals surface area contributed by atoms with Gasteiger partial charge in [0.2, 0.25) is 22.8 Å². The first kappa shape index (κ1) is 36.7. The van der Waals surface area contributed by atoms with Crippen molar-refractivity contribution in [3.63, 3.8) is 0 Å². The Hall–Kier alpha value is -6.16. The average molecular weight is 705 g/mol. The van der Waals surface area contributed by atoms with Crippen LogP contribution in [-0.2, 0) is 33.5 Å². The van der Waals surface area contributed by atoms with E-state index < -0.39 is 59.3 Å². The third-order valence-electron chi connectivity index (χ3n) is 6.13. The topological polar surface area (TPSA) is 202 Å². The van der Waals surface area contributed by atoms with Gasteiger partial charge >= 0.3 is 30.0 Å². The number of anilines is 1. The van der Waals surface area contributed by atoms with E-state index >= 15 is 0 Å². The molecule has 0 saturated heterocycles. The lowest BCUT2D eigenvalue weighted by molar-refractivity contribution is -0.162. The number of carbonyl (C=O) groups excluding carboxylic acids is 4. The molecule has 16 heteroatoms. The van der Waals surface area contributed by atoms with Crippen LogP contribution in [0.25, 0.3) is 0 Å². The minimum absolute atomic E-state index is 0.0194. The number of carbonyl (C=O) groups is 5. The molecule has 4 aromatic rings. The molecule has 1 aromatic heterocycles. The van der Waals surface area contributed by atoms with Gasteiger partial charge in [-0.3, -0.25) is 14.9 Å². The molecule has 0 aliphatic heterocycles. The maximum absolute atomic E-state index is 14.0. The van der Waals surface area contributed by atoms with Gasteiger partial charge in [-0.25, -0.2) is 14.4 Å². The first-order valence-corrected chi connectivity index (χ1v) is 15.6. The average Bonchev–Trinajstić information content (AvgIpc) is 3.49. The molecular weight excluding hydrogens is 672 g/mol. The van der Waals surface area contributed by atoms with Crippen LogP contribution in [0, 0.1) is 0 Å². The molecule has 1 atom stereocenters. The lowest BCUT2D eigenvalue weighted by Crippen LogP contribution is -2.27. The van der Waals surface area contributed by atoms with Crippen molar-refractivity contribution < 1.29 is 52.9 Å². The van der Waals surface area contributed by atoms with E-state index in [1.165, 1.54) is 18.2 Å². The number of esters is 3. The van der Waals surface area contributed by atoms with Crippen molar-refractivity contribution in [1.29, 1.82) is 0 Å². The zero-order valence-corrected chi connectivity index (χ0v) is 28.3. The summed E-state index contributed by atoms with van der Waals surface area (Å²) in [6.07, 6.45) is -3.56. The number of oxime groups is 1. The number of ether oxygens (including phenoxy) is 4. The van der Waals surface area contributed by atoms with Crippen molar-refractivity contribution in [2.45, 2.75) is 52.4 Å². The van der Waals surface area contributed by atoms with Gasteiger partial charge in [-0.05, 0) is 44.0 Å². The maximum atomic E-state index is 14.0. The van der Waals surface area contributed by atoms with Crippen molar-refractivity contribution >= 4 is 52.3 Å². The lowest BCUT2D eigenvalue weighted by Gasteiger charge is -2.22. The van der Waals surface area contributed by atoms with Gasteiger partial charge in [-0.15, -0.1) is 0 Å². The zero-order chi connectivity index (χ0) is 36.4. The van der Waals surface area contributed by atoms with Gasteiger partial charge in [0.05, 0.1) is 0 Å². The van der Waals surface area contributed by atoms with Gasteiger partial charge in [-0.1, -0.05) is 71.9 Å². The summed E-state index contributed by atoms with van der Waals surface area (Å²) >= 11 is 0.650. The molecule has 1 heterocycles. The monoisotopic (exact) mass is 704 g/mol. The number of hydrogen-bond donors (Lipinski definition) is 2. The zero-order valence-electron chi connectivity index (χ0n) is 27.4. The molecule has 0 spiro atoms. The second-order valence-corrected chi connectivity index (χ2v) is 12.1. The number of benzene rings is 3. The van der Waals surface area contributed by atoms with Crippen LogP contribution < -0.4 is 14.8 Å². The van der Waals surface area contributed by atoms with Crippen molar-refractivity contribution in [3.05, 3.63) is 101 Å². The molecule has 50 heavy (non-hydrogen) atoms. The van der Waals surface area contributed by atoms with Gasteiger partial charge in [0.15, 0.2) is 17.6 Å². The van der Waals surface area contributed by atoms with Gasteiger partial charge in [0.1, 0.15) is 5.60 Å². The summed E-state index contributed by atoms with van der Waals surface area (Å²) in [6.45, 7) is 7.24. The van der Waals surface area contributed by atoms with E-state index in [4.69, 9.17) is 23.8 Å². The Kier molecular flexibility index (Phi) is 12.0. The third-order valence-corrected chi connectivity index (χ3v) is 6.76. The normalized spacial score (nSPS) is 12.0. The summed E-state index contributed by atoms with van der Waals surface area (Å²) in [5.74, 6) is -4.95. The Bertz CT molecular complexity index is 1850. The summed E-state index contributed by atoms with van der Waals surface area (Å²) in [4.78, 5) is 71.6. The van der Waals surface area contributed by atoms with E-state index in [0.717, 1.165) is 13.8 Å². The van der Waals surface area contributed by atoms with Crippen molar-refractivity contribution in [2.75, 3.05) is 5.32 Å². The number of amides is 1. The smallest absolute Gasteiger partial charge is 0.414 e. The molecule has 0 saturated carbocycles. The number of rotatable bonds is 12. The molecule has 0 aliphatic carbocycles. The first-order chi connectivity index (χ1) is 23.7. The van der Waals surface area contributed by atoms with Gasteiger partial charge in [0.25, 0.3) is 0 Å². The highest BCUT2D eigenvalue weighted by Gasteiger charge is 2.32. The fourth-order valence-corrected chi connectivity index (χ4v) is 4.76. The van der Waals surface area contributed by atoms with E-state index in [9.17, 15) is 29.1 Å². The van der Waals surface area contributed by atoms with Crippen LogP contribution in [0.1, 0.15) is 69.3 Å². The van der Waals surface area contributed by atoms with Crippen LogP contribution in [0.3, 0.4) is 0 Å². The molecule has 260 valence electrons. The number of aromatic nitrogens is 2. The van der Waals surface area contributed by atoms with Crippen molar-refractivity contribution in [3.8, 4) is 11.5 Å². The SMILES string of the molecule is CC(=O)Oc1ccc(C(O/N=C(/C(=O)O)c2nsc(NC(=O)OC(C)(C)C)n2)C(=O)OC(c2ccccc2)c2ccccc2)cc1OC(C)=O. The Morgan fingerprint density at radius 3 is 1.94 bits per heavy atom. The summed E-state index contributed by atoms with van der Waals surface area (Å²) in [6, 6.07) is 21.4. The van der Waals surface area contributed by atoms with E-state index in [0.29, 0.717) is 22.7 Å². The van der Waals surface area contributed by atoms with E-state index in [2.05, 4.69) is 19.8 Å². The second-order valence-electron chi connectivity index (χ2n) is 11.3. The van der Waals surface area contributed by atoms with Gasteiger partial charge in [-0.2, -0.15) is 9.36 Å². The number of aliphatic carboxylic acids is 1. The number of carboxylic acids is 1. The maximum Gasteiger partial charge on any atom is 0.414 e. The molecule has 4 rings (SSSR count). The molecule has 15 nitrogen and oxygen atoms in total. The second kappa shape index (κ2) is 16.3. The minimum Gasteiger partial charge on any atom is -0.476 e. The van der Waals surface area contributed by atoms with E-state index in [1.54, 1.807) is 81.4 Å². The van der Waals surface area contributed by atoms with Crippen LogP contribution in [-0.4, -0.2) is 55.7 Å². The van der Waals surface area contributed by atoms with Crippen LogP contribution in [0.2, 0.25) is 0 Å². The summed E-state index contributed by atoms with van der Waals surface area (Å²) < 4.78 is 25.4. The number of nitrogens with zero attached hydrogens (tertiary/aromatic N) is 3. The van der Waals surface area contributed by atoms with Gasteiger partial charge < -0.3 is 28.9 Å². The number of nitrogens with one attached hydrogen (secondary N) is 1. The third kappa shape index (κ3) is 10.4. The van der Waals surface area contributed by atoms with Crippen LogP contribution in [0.4, 0.5) is 9.93 Å². The molecule has 2 N–H and O–H groups in total.